The van der Waals surface area contributed by atoms with Crippen molar-refractivity contribution in [1.29, 1.82) is 0 Å². The van der Waals surface area contributed by atoms with Gasteiger partial charge in [-0.15, -0.1) is 0 Å². The Bertz CT molecular complexity index is 1360. The summed E-state index contributed by atoms with van der Waals surface area (Å²) in [6, 6.07) is 17.8. The van der Waals surface area contributed by atoms with E-state index < -0.39 is 17.4 Å². The number of carboxylic acid groups (broad SMARTS) is 1. The van der Waals surface area contributed by atoms with Crippen LogP contribution in [0, 0.1) is 19.7 Å². The quantitative estimate of drug-likeness (QED) is 0.303. The minimum atomic E-state index is -1.05. The first-order valence-electron chi connectivity index (χ1n) is 13.8. The summed E-state index contributed by atoms with van der Waals surface area (Å²) in [6.45, 7) is 9.75. The number of halogens is 1. The number of hydrogen-bond donors (Lipinski definition) is 2. The SMILES string of the molecule is CCC(CC)(c1ccc(C=CC2(O)CCOCC2)c(C)c1)c1ccc(-c2ccc(CC(=O)O)c(F)c2)c(C)c1. The molecule has 1 fully saturated rings. The van der Waals surface area contributed by atoms with Gasteiger partial charge in [-0.3, -0.25) is 4.79 Å². The van der Waals surface area contributed by atoms with Gasteiger partial charge in [0.1, 0.15) is 5.82 Å². The van der Waals surface area contributed by atoms with Crippen molar-refractivity contribution in [3.8, 4) is 11.1 Å². The standard InChI is InChI=1S/C34H39FO4/c1-5-34(6-2,28-10-9-25(23(3)19-28)13-14-33(38)15-17-39-18-16-33)29-11-12-30(24(4)20-29)26-7-8-27(22-32(36)37)31(35)21-26/h7-14,19-21,38H,5-6,15-18,22H2,1-4H3,(H,36,37). The number of ether oxygens (including phenoxy) is 1. The van der Waals surface area contributed by atoms with Crippen molar-refractivity contribution < 1.29 is 24.1 Å². The molecule has 1 aliphatic rings. The van der Waals surface area contributed by atoms with Crippen LogP contribution in [0.2, 0.25) is 0 Å². The van der Waals surface area contributed by atoms with Crippen LogP contribution in [0.3, 0.4) is 0 Å². The topological polar surface area (TPSA) is 66.8 Å². The van der Waals surface area contributed by atoms with Gasteiger partial charge in [0, 0.05) is 31.5 Å². The van der Waals surface area contributed by atoms with Gasteiger partial charge in [0.15, 0.2) is 0 Å². The number of aliphatic carboxylic acids is 1. The van der Waals surface area contributed by atoms with Crippen molar-refractivity contribution in [2.45, 2.75) is 70.8 Å². The summed E-state index contributed by atoms with van der Waals surface area (Å²) in [6.07, 6.45) is 6.70. The van der Waals surface area contributed by atoms with Crippen LogP contribution < -0.4 is 0 Å². The van der Waals surface area contributed by atoms with Crippen molar-refractivity contribution in [3.63, 3.8) is 0 Å². The molecule has 39 heavy (non-hydrogen) atoms. The summed E-state index contributed by atoms with van der Waals surface area (Å²) in [5.74, 6) is -1.54. The number of aryl methyl sites for hydroxylation is 2. The second-order valence-corrected chi connectivity index (χ2v) is 10.8. The largest absolute Gasteiger partial charge is 0.481 e. The molecule has 1 saturated heterocycles. The van der Waals surface area contributed by atoms with Gasteiger partial charge in [-0.25, -0.2) is 4.39 Å². The summed E-state index contributed by atoms with van der Waals surface area (Å²) in [5, 5.41) is 19.8. The Hall–Kier alpha value is -3.28. The lowest BCUT2D eigenvalue weighted by Gasteiger charge is -2.34. The Balaban J connectivity index is 1.65. The average molecular weight is 531 g/mol. The van der Waals surface area contributed by atoms with Crippen LogP contribution in [0.25, 0.3) is 17.2 Å². The molecule has 0 unspecified atom stereocenters. The highest BCUT2D eigenvalue weighted by Crippen LogP contribution is 2.41. The molecule has 4 rings (SSSR count). The monoisotopic (exact) mass is 530 g/mol. The second kappa shape index (κ2) is 11.8. The third-order valence-electron chi connectivity index (χ3n) is 8.45. The Labute approximate surface area is 231 Å². The number of rotatable bonds is 9. The fourth-order valence-corrected chi connectivity index (χ4v) is 5.84. The van der Waals surface area contributed by atoms with Crippen LogP contribution in [0.5, 0.6) is 0 Å². The summed E-state index contributed by atoms with van der Waals surface area (Å²) in [7, 11) is 0. The molecule has 0 radical (unpaired) electrons. The van der Waals surface area contributed by atoms with E-state index in [1.54, 1.807) is 12.1 Å². The normalized spacial score (nSPS) is 15.5. The predicted octanol–water partition coefficient (Wildman–Crippen LogP) is 7.40. The fourth-order valence-electron chi connectivity index (χ4n) is 5.84. The number of carbonyl (C=O) groups is 1. The lowest BCUT2D eigenvalue weighted by Crippen LogP contribution is -2.33. The molecule has 3 aromatic carbocycles. The van der Waals surface area contributed by atoms with Crippen LogP contribution in [-0.2, 0) is 21.4 Å². The third-order valence-corrected chi connectivity index (χ3v) is 8.45. The zero-order valence-corrected chi connectivity index (χ0v) is 23.4. The molecule has 5 heteroatoms. The molecule has 206 valence electrons. The lowest BCUT2D eigenvalue weighted by molar-refractivity contribution is -0.136. The minimum Gasteiger partial charge on any atom is -0.481 e. The van der Waals surface area contributed by atoms with E-state index in [1.165, 1.54) is 17.2 Å². The van der Waals surface area contributed by atoms with Gasteiger partial charge in [-0.2, -0.15) is 0 Å². The van der Waals surface area contributed by atoms with Crippen LogP contribution >= 0.6 is 0 Å². The van der Waals surface area contributed by atoms with Gasteiger partial charge in [0.05, 0.1) is 12.0 Å². The van der Waals surface area contributed by atoms with Crippen LogP contribution in [-0.4, -0.2) is 35.0 Å². The van der Waals surface area contributed by atoms with E-state index in [-0.39, 0.29) is 17.4 Å². The maximum Gasteiger partial charge on any atom is 0.307 e. The Kier molecular flexibility index (Phi) is 8.73. The van der Waals surface area contributed by atoms with Gasteiger partial charge < -0.3 is 14.9 Å². The molecule has 1 aliphatic heterocycles. The molecule has 0 bridgehead atoms. The molecule has 0 aromatic heterocycles. The minimum absolute atomic E-state index is 0.175. The second-order valence-electron chi connectivity index (χ2n) is 10.8. The Morgan fingerprint density at radius 1 is 0.974 bits per heavy atom. The molecule has 2 N–H and O–H groups in total. The van der Waals surface area contributed by atoms with Gasteiger partial charge in [-0.1, -0.05) is 74.5 Å². The lowest BCUT2D eigenvalue weighted by atomic mass is 9.69. The molecule has 0 spiro atoms. The van der Waals surface area contributed by atoms with Crippen molar-refractivity contribution in [1.82, 2.24) is 0 Å². The van der Waals surface area contributed by atoms with E-state index >= 15 is 0 Å². The van der Waals surface area contributed by atoms with Crippen molar-refractivity contribution in [3.05, 3.63) is 99.9 Å². The van der Waals surface area contributed by atoms with E-state index in [2.05, 4.69) is 57.2 Å². The van der Waals surface area contributed by atoms with E-state index in [0.717, 1.165) is 40.7 Å². The van der Waals surface area contributed by atoms with Crippen molar-refractivity contribution in [2.75, 3.05) is 13.2 Å². The van der Waals surface area contributed by atoms with Gasteiger partial charge in [-0.05, 0) is 77.3 Å². The zero-order valence-electron chi connectivity index (χ0n) is 23.4. The number of benzene rings is 3. The van der Waals surface area contributed by atoms with Gasteiger partial charge >= 0.3 is 5.97 Å². The predicted molar refractivity (Wildman–Crippen MR) is 154 cm³/mol. The molecular formula is C34H39FO4. The molecule has 0 aliphatic carbocycles. The van der Waals surface area contributed by atoms with E-state index in [1.807, 2.05) is 19.1 Å². The first-order chi connectivity index (χ1) is 18.6. The molecule has 4 nitrogen and oxygen atoms in total. The maximum atomic E-state index is 14.6. The van der Waals surface area contributed by atoms with E-state index in [4.69, 9.17) is 9.84 Å². The smallest absolute Gasteiger partial charge is 0.307 e. The van der Waals surface area contributed by atoms with Gasteiger partial charge in [0.2, 0.25) is 0 Å². The molecule has 3 aromatic rings. The molecule has 1 heterocycles. The van der Waals surface area contributed by atoms with Crippen molar-refractivity contribution >= 4 is 12.0 Å². The first kappa shape index (κ1) is 28.7. The van der Waals surface area contributed by atoms with Crippen LogP contribution in [0.15, 0.2) is 60.7 Å². The zero-order chi connectivity index (χ0) is 28.2. The maximum absolute atomic E-state index is 14.6. The molecule has 0 atom stereocenters. The van der Waals surface area contributed by atoms with Crippen molar-refractivity contribution in [2.24, 2.45) is 0 Å². The van der Waals surface area contributed by atoms with Crippen LogP contribution in [0.4, 0.5) is 4.39 Å². The summed E-state index contributed by atoms with van der Waals surface area (Å²) >= 11 is 0. The highest BCUT2D eigenvalue weighted by atomic mass is 19.1. The molecular weight excluding hydrogens is 491 g/mol. The highest BCUT2D eigenvalue weighted by Gasteiger charge is 2.32. The fraction of sp³-hybridized carbons (Fsp3) is 0.382. The van der Waals surface area contributed by atoms with Gasteiger partial charge in [0.25, 0.3) is 0 Å². The average Bonchev–Trinajstić information content (AvgIpc) is 2.91. The number of aliphatic hydroxyl groups is 1. The highest BCUT2D eigenvalue weighted by molar-refractivity contribution is 5.72. The summed E-state index contributed by atoms with van der Waals surface area (Å²) in [5.41, 5.74) is 6.66. The first-order valence-corrected chi connectivity index (χ1v) is 13.8. The third kappa shape index (κ3) is 6.15. The number of carboxylic acids is 1. The van der Waals surface area contributed by atoms with E-state index in [0.29, 0.717) is 26.1 Å². The summed E-state index contributed by atoms with van der Waals surface area (Å²) in [4.78, 5) is 11.0. The molecule has 0 saturated carbocycles. The Morgan fingerprint density at radius 3 is 2.18 bits per heavy atom. The van der Waals surface area contributed by atoms with E-state index in [9.17, 15) is 14.3 Å². The summed E-state index contributed by atoms with van der Waals surface area (Å²) < 4.78 is 20.0. The molecule has 0 amide bonds. The van der Waals surface area contributed by atoms with Crippen LogP contribution in [0.1, 0.15) is 72.9 Å². The Morgan fingerprint density at radius 2 is 1.62 bits per heavy atom. The number of hydrogen-bond acceptors (Lipinski definition) is 3.